The van der Waals surface area contributed by atoms with Crippen molar-refractivity contribution in [3.63, 3.8) is 0 Å². The highest BCUT2D eigenvalue weighted by atomic mass is 19.1. The number of aliphatic imine (C=N–C) groups is 1. The summed E-state index contributed by atoms with van der Waals surface area (Å²) < 4.78 is 13.3. The fraction of sp³-hybridized carbons (Fsp3) is 0.323. The van der Waals surface area contributed by atoms with Crippen LogP contribution >= 0.6 is 0 Å². The minimum atomic E-state index is -1.05. The zero-order valence-corrected chi connectivity index (χ0v) is 22.4. The lowest BCUT2D eigenvalue weighted by Crippen LogP contribution is -2.42. The van der Waals surface area contributed by atoms with Crippen LogP contribution in [-0.4, -0.2) is 34.6 Å². The van der Waals surface area contributed by atoms with Crippen LogP contribution < -0.4 is 5.73 Å². The van der Waals surface area contributed by atoms with E-state index < -0.39 is 5.54 Å². The molecule has 2 atom stereocenters. The summed E-state index contributed by atoms with van der Waals surface area (Å²) >= 11 is 0. The Morgan fingerprint density at radius 1 is 1.03 bits per heavy atom. The standard InChI is InChI=1S/C31H35FN4O2/c1-21(2)17-18-31(26-11-6-5-7-12-26)29(38)36(30(33)34-31)20-23-9-8-10-25(19-23)28(37)35(4)22(3)24-13-15-27(32)16-14-24/h5-16,19,21-22H,17-18,20H2,1-4H3,(H2,33,34). The van der Waals surface area contributed by atoms with Gasteiger partial charge in [0.1, 0.15) is 5.82 Å². The molecule has 0 aliphatic carbocycles. The van der Waals surface area contributed by atoms with Crippen molar-refractivity contribution in [3.8, 4) is 0 Å². The molecule has 0 radical (unpaired) electrons. The number of halogens is 1. The summed E-state index contributed by atoms with van der Waals surface area (Å²) in [6.45, 7) is 6.36. The predicted molar refractivity (Wildman–Crippen MR) is 148 cm³/mol. The summed E-state index contributed by atoms with van der Waals surface area (Å²) in [7, 11) is 1.72. The highest BCUT2D eigenvalue weighted by Gasteiger charge is 2.48. The molecule has 38 heavy (non-hydrogen) atoms. The van der Waals surface area contributed by atoms with Gasteiger partial charge in [-0.1, -0.05) is 68.4 Å². The van der Waals surface area contributed by atoms with E-state index in [0.717, 1.165) is 23.1 Å². The van der Waals surface area contributed by atoms with Gasteiger partial charge in [-0.2, -0.15) is 0 Å². The number of nitrogens with two attached hydrogens (primary N) is 1. The molecule has 3 aromatic rings. The number of rotatable bonds is 9. The van der Waals surface area contributed by atoms with Gasteiger partial charge in [0.15, 0.2) is 11.5 Å². The van der Waals surface area contributed by atoms with Crippen molar-refractivity contribution in [1.82, 2.24) is 9.80 Å². The number of benzene rings is 3. The highest BCUT2D eigenvalue weighted by molar-refractivity contribution is 6.07. The monoisotopic (exact) mass is 514 g/mol. The average molecular weight is 515 g/mol. The van der Waals surface area contributed by atoms with E-state index in [1.807, 2.05) is 43.3 Å². The Morgan fingerprint density at radius 3 is 2.37 bits per heavy atom. The first-order chi connectivity index (χ1) is 18.1. The van der Waals surface area contributed by atoms with Crippen LogP contribution in [0.5, 0.6) is 0 Å². The first-order valence-electron chi connectivity index (χ1n) is 13.0. The second-order valence-electron chi connectivity index (χ2n) is 10.4. The molecule has 0 saturated heterocycles. The molecule has 0 saturated carbocycles. The van der Waals surface area contributed by atoms with E-state index in [-0.39, 0.29) is 36.2 Å². The van der Waals surface area contributed by atoms with Gasteiger partial charge in [0, 0.05) is 12.6 Å². The molecule has 198 valence electrons. The van der Waals surface area contributed by atoms with Crippen LogP contribution in [0.4, 0.5) is 4.39 Å². The number of nitrogens with zero attached hydrogens (tertiary/aromatic N) is 3. The number of amides is 2. The Bertz CT molecular complexity index is 1320. The van der Waals surface area contributed by atoms with Gasteiger partial charge < -0.3 is 10.6 Å². The fourth-order valence-electron chi connectivity index (χ4n) is 4.82. The predicted octanol–water partition coefficient (Wildman–Crippen LogP) is 5.65. The van der Waals surface area contributed by atoms with E-state index in [2.05, 4.69) is 13.8 Å². The molecule has 1 aliphatic rings. The number of guanidine groups is 1. The quantitative estimate of drug-likeness (QED) is 0.401. The minimum absolute atomic E-state index is 0.152. The van der Waals surface area contributed by atoms with Crippen LogP contribution in [0.25, 0.3) is 0 Å². The van der Waals surface area contributed by atoms with Gasteiger partial charge in [-0.05, 0) is 66.6 Å². The Balaban J connectivity index is 1.55. The molecule has 0 bridgehead atoms. The topological polar surface area (TPSA) is 79.0 Å². The van der Waals surface area contributed by atoms with Crippen molar-refractivity contribution in [1.29, 1.82) is 0 Å². The second-order valence-corrected chi connectivity index (χ2v) is 10.4. The van der Waals surface area contributed by atoms with Crippen LogP contribution in [0.1, 0.15) is 66.7 Å². The largest absolute Gasteiger partial charge is 0.369 e. The molecule has 2 N–H and O–H groups in total. The average Bonchev–Trinajstić information content (AvgIpc) is 3.17. The van der Waals surface area contributed by atoms with E-state index in [4.69, 9.17) is 10.7 Å². The maximum atomic E-state index is 13.9. The molecule has 6 nitrogen and oxygen atoms in total. The minimum Gasteiger partial charge on any atom is -0.369 e. The highest BCUT2D eigenvalue weighted by Crippen LogP contribution is 2.39. The van der Waals surface area contributed by atoms with Crippen molar-refractivity contribution >= 4 is 17.8 Å². The first-order valence-corrected chi connectivity index (χ1v) is 13.0. The van der Waals surface area contributed by atoms with E-state index in [1.165, 1.54) is 17.0 Å². The lowest BCUT2D eigenvalue weighted by molar-refractivity contribution is -0.132. The molecule has 3 aromatic carbocycles. The summed E-state index contributed by atoms with van der Waals surface area (Å²) in [5.41, 5.74) is 8.24. The molecular weight excluding hydrogens is 479 g/mol. The molecule has 0 aromatic heterocycles. The molecule has 2 amide bonds. The van der Waals surface area contributed by atoms with Gasteiger partial charge in [-0.15, -0.1) is 0 Å². The molecule has 1 heterocycles. The summed E-state index contributed by atoms with van der Waals surface area (Å²) in [6, 6.07) is 22.7. The van der Waals surface area contributed by atoms with E-state index >= 15 is 0 Å². The summed E-state index contributed by atoms with van der Waals surface area (Å²) in [6.07, 6.45) is 1.39. The molecule has 0 fully saturated rings. The smallest absolute Gasteiger partial charge is 0.262 e. The third kappa shape index (κ3) is 5.47. The Labute approximate surface area is 224 Å². The fourth-order valence-corrected chi connectivity index (χ4v) is 4.82. The Hall–Kier alpha value is -4.00. The number of hydrogen-bond donors (Lipinski definition) is 1. The molecule has 1 aliphatic heterocycles. The maximum absolute atomic E-state index is 13.9. The lowest BCUT2D eigenvalue weighted by atomic mass is 9.83. The number of carbonyl (C=O) groups excluding carboxylic acids is 2. The Morgan fingerprint density at radius 2 is 1.71 bits per heavy atom. The Kier molecular flexibility index (Phi) is 7.95. The molecule has 7 heteroatoms. The summed E-state index contributed by atoms with van der Waals surface area (Å²) in [5, 5.41) is 0. The van der Waals surface area contributed by atoms with Crippen molar-refractivity contribution < 1.29 is 14.0 Å². The second kappa shape index (κ2) is 11.2. The van der Waals surface area contributed by atoms with Gasteiger partial charge in [0.05, 0.1) is 12.6 Å². The van der Waals surface area contributed by atoms with Crippen molar-refractivity contribution in [2.45, 2.75) is 51.7 Å². The number of carbonyl (C=O) groups is 2. The zero-order chi connectivity index (χ0) is 27.4. The van der Waals surface area contributed by atoms with Crippen molar-refractivity contribution in [3.05, 3.63) is 107 Å². The third-order valence-electron chi connectivity index (χ3n) is 7.28. The summed E-state index contributed by atoms with van der Waals surface area (Å²) in [5.74, 6) is -0.0520. The van der Waals surface area contributed by atoms with Gasteiger partial charge in [0.25, 0.3) is 11.8 Å². The zero-order valence-electron chi connectivity index (χ0n) is 22.4. The molecule has 0 spiro atoms. The normalized spacial score (nSPS) is 18.0. The number of hydrogen-bond acceptors (Lipinski definition) is 4. The maximum Gasteiger partial charge on any atom is 0.262 e. The van der Waals surface area contributed by atoms with Crippen LogP contribution in [0, 0.1) is 11.7 Å². The third-order valence-corrected chi connectivity index (χ3v) is 7.28. The summed E-state index contributed by atoms with van der Waals surface area (Å²) in [4.78, 5) is 35.1. The van der Waals surface area contributed by atoms with E-state index in [0.29, 0.717) is 17.9 Å². The molecule has 4 rings (SSSR count). The van der Waals surface area contributed by atoms with Crippen LogP contribution in [0.3, 0.4) is 0 Å². The molecule has 2 unspecified atom stereocenters. The van der Waals surface area contributed by atoms with Gasteiger partial charge in [-0.3, -0.25) is 14.5 Å². The van der Waals surface area contributed by atoms with Gasteiger partial charge in [-0.25, -0.2) is 9.38 Å². The van der Waals surface area contributed by atoms with Gasteiger partial charge >= 0.3 is 0 Å². The van der Waals surface area contributed by atoms with Crippen LogP contribution in [0.15, 0.2) is 83.9 Å². The van der Waals surface area contributed by atoms with E-state index in [1.54, 1.807) is 42.3 Å². The molecular formula is C31H35FN4O2. The van der Waals surface area contributed by atoms with Crippen LogP contribution in [0.2, 0.25) is 0 Å². The lowest BCUT2D eigenvalue weighted by Gasteiger charge is -2.27. The van der Waals surface area contributed by atoms with Gasteiger partial charge in [0.2, 0.25) is 0 Å². The van der Waals surface area contributed by atoms with Crippen molar-refractivity contribution in [2.75, 3.05) is 7.05 Å². The van der Waals surface area contributed by atoms with Crippen molar-refractivity contribution in [2.24, 2.45) is 16.6 Å². The first kappa shape index (κ1) is 27.0. The van der Waals surface area contributed by atoms with E-state index in [9.17, 15) is 14.0 Å². The van der Waals surface area contributed by atoms with Crippen LogP contribution in [-0.2, 0) is 16.9 Å². The SMILES string of the molecule is CC(C)CCC1(c2ccccc2)N=C(N)N(Cc2cccc(C(=O)N(C)C(C)c3ccc(F)cc3)c2)C1=O.